The molecule has 0 spiro atoms. The first kappa shape index (κ1) is 54.4. The largest absolute Gasteiger partial charge is 0.462 e. The lowest BCUT2D eigenvalue weighted by Crippen LogP contribution is -2.61. The molecule has 2 saturated heterocycles. The Morgan fingerprint density at radius 2 is 1.17 bits per heavy atom. The van der Waals surface area contributed by atoms with Gasteiger partial charge in [-0.25, -0.2) is 0 Å². The minimum absolute atomic E-state index is 0.0493. The number of nitrogens with two attached hydrogens (primary N) is 1. The summed E-state index contributed by atoms with van der Waals surface area (Å²) in [5, 5.41) is 108. The van der Waals surface area contributed by atoms with Crippen LogP contribution < -0.4 is 5.73 Å². The molecule has 3 rings (SSSR count). The molecule has 0 amide bonds. The number of carbonyl (C=O) groups is 1. The van der Waals surface area contributed by atoms with Gasteiger partial charge in [0.15, 0.2) is 12.1 Å². The monoisotopic (exact) mass is 894 g/mol. The molecular weight excluding hydrogens is 819 g/mol. The zero-order valence-electron chi connectivity index (χ0n) is 37.2. The minimum atomic E-state index is -2.05. The highest BCUT2D eigenvalue weighted by Gasteiger charge is 2.47. The Morgan fingerprint density at radius 1 is 0.603 bits per heavy atom. The van der Waals surface area contributed by atoms with E-state index in [9.17, 15) is 55.9 Å². The Bertz CT molecular complexity index is 1570. The van der Waals surface area contributed by atoms with Gasteiger partial charge < -0.3 is 75.7 Å². The van der Waals surface area contributed by atoms with Gasteiger partial charge in [0.05, 0.1) is 79.6 Å². The first-order valence-electron chi connectivity index (χ1n) is 22.2. The Morgan fingerprint density at radius 3 is 1.78 bits per heavy atom. The summed E-state index contributed by atoms with van der Waals surface area (Å²) in [5.74, 6) is -3.96. The molecule has 0 saturated carbocycles. The number of carbonyl (C=O) groups excluding carboxylic acids is 1. The first-order chi connectivity index (χ1) is 29.7. The number of fused-ring (bicyclic) bond motifs is 2. The van der Waals surface area contributed by atoms with Gasteiger partial charge in [0.2, 0.25) is 0 Å². The van der Waals surface area contributed by atoms with Crippen molar-refractivity contribution in [3.05, 3.63) is 85.1 Å². The van der Waals surface area contributed by atoms with E-state index in [1.807, 2.05) is 61.6 Å². The van der Waals surface area contributed by atoms with Crippen molar-refractivity contribution in [2.75, 3.05) is 0 Å². The third kappa shape index (κ3) is 18.5. The molecule has 16 nitrogen and oxygen atoms in total. The Labute approximate surface area is 372 Å². The van der Waals surface area contributed by atoms with Crippen molar-refractivity contribution in [3.63, 3.8) is 0 Å². The molecule has 2 fully saturated rings. The molecule has 3 aliphatic heterocycles. The van der Waals surface area contributed by atoms with Crippen LogP contribution in [0.1, 0.15) is 86.0 Å². The van der Waals surface area contributed by atoms with Gasteiger partial charge in [0.1, 0.15) is 12.2 Å². The van der Waals surface area contributed by atoms with E-state index in [1.54, 1.807) is 58.1 Å². The molecule has 358 valence electrons. The number of esters is 1. The van der Waals surface area contributed by atoms with E-state index in [0.29, 0.717) is 0 Å². The highest BCUT2D eigenvalue weighted by atomic mass is 16.7. The highest BCUT2D eigenvalue weighted by molar-refractivity contribution is 5.70. The summed E-state index contributed by atoms with van der Waals surface area (Å²) in [4.78, 5) is 12.6. The first-order valence-corrected chi connectivity index (χ1v) is 22.2. The number of hydrogen-bond donors (Lipinski definition) is 11. The molecule has 9 unspecified atom stereocenters. The molecule has 0 aromatic rings. The summed E-state index contributed by atoms with van der Waals surface area (Å²) in [5.41, 5.74) is 6.05. The lowest BCUT2D eigenvalue weighted by Gasteiger charge is -2.45. The summed E-state index contributed by atoms with van der Waals surface area (Å²) in [7, 11) is 0. The smallest absolute Gasteiger partial charge is 0.308 e. The van der Waals surface area contributed by atoms with Crippen molar-refractivity contribution in [1.82, 2.24) is 0 Å². The van der Waals surface area contributed by atoms with Crippen LogP contribution in [-0.4, -0.2) is 155 Å². The van der Waals surface area contributed by atoms with E-state index < -0.39 is 128 Å². The van der Waals surface area contributed by atoms with Gasteiger partial charge >= 0.3 is 5.97 Å². The van der Waals surface area contributed by atoms with Crippen LogP contribution in [0, 0.1) is 17.8 Å². The summed E-state index contributed by atoms with van der Waals surface area (Å²) in [6, 6.07) is -1.05. The van der Waals surface area contributed by atoms with Gasteiger partial charge in [-0.2, -0.15) is 0 Å². The van der Waals surface area contributed by atoms with Gasteiger partial charge in [-0.1, -0.05) is 106 Å². The number of hydrogen-bond acceptors (Lipinski definition) is 16. The maximum absolute atomic E-state index is 12.6. The molecule has 0 radical (unpaired) electrons. The normalized spacial score (nSPS) is 46.6. The van der Waals surface area contributed by atoms with Crippen molar-refractivity contribution in [2.45, 2.75) is 183 Å². The van der Waals surface area contributed by atoms with E-state index in [-0.39, 0.29) is 44.4 Å². The SMILES string of the molecule is CC1OC(O[C@H]2/C=C/C=C/C=C/C=C/C=C/C=C/C=C/C(C)[C@@H](O)C(C)C(C)OC(=O)C[C@H](O)C[C@H](O)CC[C@@H](O)[C@H](O)C[C@H](O)C[C@]3(O)CC(O)[C@@H](C)[C@H](C2)O3)C(O)C(N)C1O. The van der Waals surface area contributed by atoms with Crippen molar-refractivity contribution in [3.8, 4) is 0 Å². The highest BCUT2D eigenvalue weighted by Crippen LogP contribution is 2.37. The maximum Gasteiger partial charge on any atom is 0.308 e. The molecule has 0 aromatic heterocycles. The molecule has 3 heterocycles. The second-order valence-electron chi connectivity index (χ2n) is 17.6. The molecule has 0 aromatic carbocycles. The lowest BCUT2D eigenvalue weighted by atomic mass is 9.84. The number of allylic oxidation sites excluding steroid dienone is 12. The molecule has 16 heteroatoms. The van der Waals surface area contributed by atoms with Crippen molar-refractivity contribution < 1.29 is 74.8 Å². The van der Waals surface area contributed by atoms with Gasteiger partial charge in [-0.05, 0) is 33.1 Å². The predicted octanol–water partition coefficient (Wildman–Crippen LogP) is 1.65. The molecule has 19 atom stereocenters. The van der Waals surface area contributed by atoms with Gasteiger partial charge in [0, 0.05) is 43.4 Å². The lowest BCUT2D eigenvalue weighted by molar-refractivity contribution is -0.309. The molecule has 12 N–H and O–H groups in total. The third-order valence-electron chi connectivity index (χ3n) is 12.1. The minimum Gasteiger partial charge on any atom is -0.462 e. The van der Waals surface area contributed by atoms with Crippen LogP contribution in [0.2, 0.25) is 0 Å². The molecule has 0 aliphatic carbocycles. The van der Waals surface area contributed by atoms with Gasteiger partial charge in [-0.15, -0.1) is 0 Å². The Kier molecular flexibility index (Phi) is 23.2. The number of ether oxygens (including phenoxy) is 4. The standard InChI is InChI=1S/C47H75NO15/c1-28-18-16-14-12-10-8-6-7-9-11-13-15-17-19-36(62-46-45(58)42(48)44(57)32(5)61-46)25-40-30(3)39(54)27-47(59,63-40)26-35(51)23-38(53)37(52)21-20-33(49)22-34(50)24-41(55)60-31(4)29(2)43(28)56/h6-19,28-40,42-46,49-54,56-59H,20-27,48H2,1-5H3/b7-6+,10-8+,11-9+,14-12+,15-13+,18-16+,19-17+/t28?,29?,30-,31?,32?,33-,34-,35+,36+,37-,38-,39?,40+,42?,43-,44?,45?,46?,47-/m1/s1. The van der Waals surface area contributed by atoms with Crippen LogP contribution in [0.5, 0.6) is 0 Å². The van der Waals surface area contributed by atoms with E-state index >= 15 is 0 Å². The second-order valence-corrected chi connectivity index (χ2v) is 17.6. The Balaban J connectivity index is 1.81. The maximum atomic E-state index is 12.6. The van der Waals surface area contributed by atoms with Gasteiger partial charge in [-0.3, -0.25) is 4.79 Å². The van der Waals surface area contributed by atoms with Crippen LogP contribution in [0.15, 0.2) is 85.1 Å². The summed E-state index contributed by atoms with van der Waals surface area (Å²) < 4.78 is 23.6. The van der Waals surface area contributed by atoms with Crippen LogP contribution in [0.4, 0.5) is 0 Å². The number of aliphatic hydroxyl groups is 10. The van der Waals surface area contributed by atoms with Crippen LogP contribution in [0.25, 0.3) is 0 Å². The number of rotatable bonds is 2. The fourth-order valence-electron chi connectivity index (χ4n) is 7.81. The molecular formula is C47H75NO15. The van der Waals surface area contributed by atoms with Crippen LogP contribution in [-0.2, 0) is 23.7 Å². The van der Waals surface area contributed by atoms with E-state index in [2.05, 4.69) is 0 Å². The third-order valence-corrected chi connectivity index (χ3v) is 12.1. The molecule has 3 aliphatic rings. The fourth-order valence-corrected chi connectivity index (χ4v) is 7.81. The molecule has 2 bridgehead atoms. The Hall–Kier alpha value is -2.91. The van der Waals surface area contributed by atoms with Crippen molar-refractivity contribution in [2.24, 2.45) is 23.5 Å². The summed E-state index contributed by atoms with van der Waals surface area (Å²) >= 11 is 0. The van der Waals surface area contributed by atoms with Crippen molar-refractivity contribution in [1.29, 1.82) is 0 Å². The van der Waals surface area contributed by atoms with Crippen LogP contribution >= 0.6 is 0 Å². The predicted molar refractivity (Wildman–Crippen MR) is 235 cm³/mol. The fraction of sp³-hybridized carbons (Fsp3) is 0.681. The second kappa shape index (κ2) is 26.9. The van der Waals surface area contributed by atoms with E-state index in [0.717, 1.165) is 0 Å². The van der Waals surface area contributed by atoms with E-state index in [1.165, 1.54) is 0 Å². The van der Waals surface area contributed by atoms with E-state index in [4.69, 9.17) is 24.7 Å². The zero-order valence-corrected chi connectivity index (χ0v) is 37.2. The quantitative estimate of drug-likeness (QED) is 0.176. The summed E-state index contributed by atoms with van der Waals surface area (Å²) in [6.45, 7) is 8.60. The van der Waals surface area contributed by atoms with Gasteiger partial charge in [0.25, 0.3) is 0 Å². The average Bonchev–Trinajstić information content (AvgIpc) is 3.21. The number of aliphatic hydroxyl groups excluding tert-OH is 9. The average molecular weight is 894 g/mol. The molecule has 63 heavy (non-hydrogen) atoms. The van der Waals surface area contributed by atoms with Crippen molar-refractivity contribution >= 4 is 5.97 Å². The zero-order chi connectivity index (χ0) is 46.9. The van der Waals surface area contributed by atoms with Crippen LogP contribution in [0.3, 0.4) is 0 Å². The topological polar surface area (TPSA) is 282 Å². The number of cyclic esters (lactones) is 1. The summed E-state index contributed by atoms with van der Waals surface area (Å²) in [6.07, 6.45) is 8.05.